The van der Waals surface area contributed by atoms with Gasteiger partial charge in [0.25, 0.3) is 0 Å². The molecule has 2 heteroatoms. The molecule has 0 amide bonds. The van der Waals surface area contributed by atoms with Gasteiger partial charge in [0, 0.05) is 22.3 Å². The fourth-order valence-corrected chi connectivity index (χ4v) is 2.45. The van der Waals surface area contributed by atoms with Gasteiger partial charge in [-0.05, 0) is 19.3 Å². The third-order valence-corrected chi connectivity index (χ3v) is 3.18. The molecule has 2 aliphatic carbocycles. The van der Waals surface area contributed by atoms with Crippen LogP contribution in [0.1, 0.15) is 40.0 Å². The van der Waals surface area contributed by atoms with Gasteiger partial charge in [0.05, 0.1) is 0 Å². The Morgan fingerprint density at radius 2 is 1.27 bits per heavy atom. The summed E-state index contributed by atoms with van der Waals surface area (Å²) in [6.45, 7) is 0. The van der Waals surface area contributed by atoms with E-state index in [1.165, 1.54) is 0 Å². The minimum absolute atomic E-state index is 0.0673. The van der Waals surface area contributed by atoms with Gasteiger partial charge in [-0.3, -0.25) is 9.59 Å². The molecule has 0 fully saturated rings. The molecule has 0 aliphatic heterocycles. The van der Waals surface area contributed by atoms with Gasteiger partial charge < -0.3 is 0 Å². The zero-order valence-corrected chi connectivity index (χ0v) is 8.25. The first-order chi connectivity index (χ1) is 7.29. The molecular weight excluding hydrogens is 188 g/mol. The van der Waals surface area contributed by atoms with E-state index in [9.17, 15) is 9.59 Å². The van der Waals surface area contributed by atoms with Gasteiger partial charge in [-0.1, -0.05) is 24.3 Å². The fraction of sp³-hybridized carbons (Fsp3) is 0.231. The molecule has 0 N–H and O–H groups in total. The van der Waals surface area contributed by atoms with Crippen LogP contribution in [0.2, 0.25) is 0 Å². The van der Waals surface area contributed by atoms with Crippen LogP contribution in [0.3, 0.4) is 0 Å². The average molecular weight is 198 g/mol. The number of carbonyl (C=O) groups is 2. The highest BCUT2D eigenvalue weighted by Crippen LogP contribution is 2.36. The van der Waals surface area contributed by atoms with E-state index in [0.717, 1.165) is 30.4 Å². The zero-order chi connectivity index (χ0) is 10.4. The van der Waals surface area contributed by atoms with Crippen molar-refractivity contribution in [1.29, 1.82) is 0 Å². The second kappa shape index (κ2) is 2.89. The topological polar surface area (TPSA) is 34.1 Å². The summed E-state index contributed by atoms with van der Waals surface area (Å²) in [5, 5.41) is 0. The molecule has 0 radical (unpaired) electrons. The van der Waals surface area contributed by atoms with E-state index in [-0.39, 0.29) is 11.6 Å². The SMILES string of the molecule is O=C1C2=C(CCC2)C(=O)c2ccccc21. The summed E-state index contributed by atoms with van der Waals surface area (Å²) in [6.07, 6.45) is 2.48. The molecule has 3 rings (SSSR count). The van der Waals surface area contributed by atoms with Crippen LogP contribution in [0.15, 0.2) is 35.4 Å². The summed E-state index contributed by atoms with van der Waals surface area (Å²) in [6, 6.07) is 7.12. The predicted octanol–water partition coefficient (Wildman–Crippen LogP) is 2.55. The Hall–Kier alpha value is -1.70. The summed E-state index contributed by atoms with van der Waals surface area (Å²) in [5.41, 5.74) is 2.70. The Bertz CT molecular complexity index is 464. The van der Waals surface area contributed by atoms with Gasteiger partial charge in [-0.15, -0.1) is 0 Å². The molecule has 1 aromatic rings. The molecule has 2 nitrogen and oxygen atoms in total. The van der Waals surface area contributed by atoms with Gasteiger partial charge >= 0.3 is 0 Å². The number of hydrogen-bond acceptors (Lipinski definition) is 2. The first-order valence-corrected chi connectivity index (χ1v) is 5.19. The quantitative estimate of drug-likeness (QED) is 0.642. The smallest absolute Gasteiger partial charge is 0.190 e. The number of benzene rings is 1. The first-order valence-electron chi connectivity index (χ1n) is 5.19. The van der Waals surface area contributed by atoms with Crippen molar-refractivity contribution in [2.75, 3.05) is 0 Å². The van der Waals surface area contributed by atoms with E-state index >= 15 is 0 Å². The lowest BCUT2D eigenvalue weighted by atomic mass is 9.85. The molecule has 0 aromatic heterocycles. The van der Waals surface area contributed by atoms with Crippen molar-refractivity contribution in [1.82, 2.24) is 0 Å². The van der Waals surface area contributed by atoms with Gasteiger partial charge in [-0.25, -0.2) is 0 Å². The Labute approximate surface area is 87.6 Å². The monoisotopic (exact) mass is 198 g/mol. The van der Waals surface area contributed by atoms with E-state index < -0.39 is 0 Å². The molecule has 0 bridgehead atoms. The van der Waals surface area contributed by atoms with Crippen molar-refractivity contribution in [3.05, 3.63) is 46.5 Å². The number of carbonyl (C=O) groups excluding carboxylic acids is 2. The molecule has 15 heavy (non-hydrogen) atoms. The molecule has 2 aliphatic rings. The summed E-state index contributed by atoms with van der Waals surface area (Å²) >= 11 is 0. The van der Waals surface area contributed by atoms with Gasteiger partial charge in [0.2, 0.25) is 0 Å². The third kappa shape index (κ3) is 1.05. The molecular formula is C13H10O2. The minimum atomic E-state index is 0.0673. The standard InChI is InChI=1S/C13H10O2/c14-12-8-4-1-2-5-9(8)13(15)11-7-3-6-10(11)12/h1-2,4-5H,3,6-7H2. The van der Waals surface area contributed by atoms with E-state index in [1.54, 1.807) is 12.1 Å². The summed E-state index contributed by atoms with van der Waals surface area (Å²) < 4.78 is 0. The van der Waals surface area contributed by atoms with Crippen LogP contribution in [-0.2, 0) is 0 Å². The van der Waals surface area contributed by atoms with Crippen molar-refractivity contribution in [3.63, 3.8) is 0 Å². The lowest BCUT2D eigenvalue weighted by molar-refractivity contribution is 0.0975. The highest BCUT2D eigenvalue weighted by molar-refractivity contribution is 6.27. The molecule has 0 atom stereocenters. The Balaban J connectivity index is 2.26. The highest BCUT2D eigenvalue weighted by Gasteiger charge is 2.33. The molecule has 0 spiro atoms. The van der Waals surface area contributed by atoms with Gasteiger partial charge in [0.1, 0.15) is 0 Å². The van der Waals surface area contributed by atoms with Crippen molar-refractivity contribution >= 4 is 11.6 Å². The normalized spacial score (nSPS) is 19.2. The molecule has 0 saturated carbocycles. The summed E-state index contributed by atoms with van der Waals surface area (Å²) in [5.74, 6) is 0.135. The Morgan fingerprint density at radius 1 is 0.800 bits per heavy atom. The maximum absolute atomic E-state index is 12.0. The Morgan fingerprint density at radius 3 is 1.73 bits per heavy atom. The second-order valence-electron chi connectivity index (χ2n) is 4.01. The van der Waals surface area contributed by atoms with Crippen LogP contribution in [0, 0.1) is 0 Å². The lowest BCUT2D eigenvalue weighted by Crippen LogP contribution is -2.19. The number of Topliss-reactive ketones (excluding diaryl/α,β-unsaturated/α-hetero) is 2. The average Bonchev–Trinajstić information content (AvgIpc) is 2.75. The third-order valence-electron chi connectivity index (χ3n) is 3.18. The van der Waals surface area contributed by atoms with E-state index in [4.69, 9.17) is 0 Å². The number of rotatable bonds is 0. The van der Waals surface area contributed by atoms with Crippen LogP contribution in [0.4, 0.5) is 0 Å². The summed E-state index contributed by atoms with van der Waals surface area (Å²) in [7, 11) is 0. The van der Waals surface area contributed by atoms with Crippen molar-refractivity contribution in [3.8, 4) is 0 Å². The zero-order valence-electron chi connectivity index (χ0n) is 8.25. The number of ketones is 2. The maximum Gasteiger partial charge on any atom is 0.190 e. The first kappa shape index (κ1) is 8.60. The van der Waals surface area contributed by atoms with Gasteiger partial charge in [0.15, 0.2) is 11.6 Å². The maximum atomic E-state index is 12.0. The van der Waals surface area contributed by atoms with E-state index in [0.29, 0.717) is 11.1 Å². The number of allylic oxidation sites excluding steroid dienone is 2. The van der Waals surface area contributed by atoms with Crippen LogP contribution in [-0.4, -0.2) is 11.6 Å². The van der Waals surface area contributed by atoms with Crippen molar-refractivity contribution < 1.29 is 9.59 Å². The minimum Gasteiger partial charge on any atom is -0.289 e. The van der Waals surface area contributed by atoms with Gasteiger partial charge in [-0.2, -0.15) is 0 Å². The number of fused-ring (bicyclic) bond motifs is 1. The summed E-state index contributed by atoms with van der Waals surface area (Å²) in [4.78, 5) is 24.1. The fourth-order valence-electron chi connectivity index (χ4n) is 2.45. The lowest BCUT2D eigenvalue weighted by Gasteiger charge is -2.15. The van der Waals surface area contributed by atoms with E-state index in [1.807, 2.05) is 12.1 Å². The molecule has 0 saturated heterocycles. The van der Waals surface area contributed by atoms with Crippen molar-refractivity contribution in [2.24, 2.45) is 0 Å². The predicted molar refractivity (Wildman–Crippen MR) is 56.0 cm³/mol. The molecule has 74 valence electrons. The molecule has 1 aromatic carbocycles. The molecule has 0 unspecified atom stereocenters. The largest absolute Gasteiger partial charge is 0.289 e. The van der Waals surface area contributed by atoms with Crippen LogP contribution >= 0.6 is 0 Å². The van der Waals surface area contributed by atoms with E-state index in [2.05, 4.69) is 0 Å². The second-order valence-corrected chi connectivity index (χ2v) is 4.01. The van der Waals surface area contributed by atoms with Crippen LogP contribution in [0.25, 0.3) is 0 Å². The van der Waals surface area contributed by atoms with Crippen LogP contribution < -0.4 is 0 Å². The Kier molecular flexibility index (Phi) is 1.66. The van der Waals surface area contributed by atoms with Crippen molar-refractivity contribution in [2.45, 2.75) is 19.3 Å². The molecule has 0 heterocycles. The van der Waals surface area contributed by atoms with Crippen LogP contribution in [0.5, 0.6) is 0 Å². The highest BCUT2D eigenvalue weighted by atomic mass is 16.1. The number of hydrogen-bond donors (Lipinski definition) is 0.